The summed E-state index contributed by atoms with van der Waals surface area (Å²) in [7, 11) is 1.40. The SMILES string of the molecule is CCCCC(CC)COC(=O)N(C)C[C@H](O)[C@@H](O)[C@H](O)[C@H](O)CO. The monoisotopic (exact) mass is 351 g/mol. The van der Waals surface area contributed by atoms with Crippen LogP contribution in [0.2, 0.25) is 0 Å². The van der Waals surface area contributed by atoms with E-state index in [2.05, 4.69) is 6.92 Å². The van der Waals surface area contributed by atoms with Gasteiger partial charge in [-0.3, -0.25) is 0 Å². The molecule has 0 heterocycles. The zero-order chi connectivity index (χ0) is 18.7. The molecule has 0 aliphatic rings. The zero-order valence-corrected chi connectivity index (χ0v) is 14.8. The Kier molecular flexibility index (Phi) is 12.0. The summed E-state index contributed by atoms with van der Waals surface area (Å²) in [6, 6.07) is 0. The number of likely N-dealkylation sites (N-methyl/N-ethyl adjacent to an activating group) is 1. The predicted octanol–water partition coefficient (Wildman–Crippen LogP) is -0.293. The summed E-state index contributed by atoms with van der Waals surface area (Å²) < 4.78 is 5.21. The fraction of sp³-hybridized carbons (Fsp3) is 0.938. The van der Waals surface area contributed by atoms with Crippen molar-refractivity contribution in [3.63, 3.8) is 0 Å². The van der Waals surface area contributed by atoms with Crippen LogP contribution in [-0.2, 0) is 4.74 Å². The first-order chi connectivity index (χ1) is 11.3. The summed E-state index contributed by atoms with van der Waals surface area (Å²) in [6.45, 7) is 3.40. The molecular weight excluding hydrogens is 318 g/mol. The number of ether oxygens (including phenoxy) is 1. The van der Waals surface area contributed by atoms with Crippen molar-refractivity contribution in [1.82, 2.24) is 4.90 Å². The van der Waals surface area contributed by atoms with Crippen LogP contribution in [0.4, 0.5) is 4.79 Å². The topological polar surface area (TPSA) is 131 Å². The number of carbonyl (C=O) groups is 1. The molecule has 0 radical (unpaired) electrons. The minimum Gasteiger partial charge on any atom is -0.449 e. The molecule has 8 heteroatoms. The molecule has 144 valence electrons. The van der Waals surface area contributed by atoms with Gasteiger partial charge in [-0.25, -0.2) is 4.79 Å². The average Bonchev–Trinajstić information content (AvgIpc) is 2.59. The molecule has 0 rings (SSSR count). The first-order valence-electron chi connectivity index (χ1n) is 8.49. The molecule has 0 saturated heterocycles. The molecular formula is C16H33NO7. The summed E-state index contributed by atoms with van der Waals surface area (Å²) in [6.07, 6.45) is -3.06. The summed E-state index contributed by atoms with van der Waals surface area (Å²) in [4.78, 5) is 13.0. The number of carbonyl (C=O) groups excluding carboxylic acids is 1. The molecule has 0 bridgehead atoms. The number of aliphatic hydroxyl groups excluding tert-OH is 5. The van der Waals surface area contributed by atoms with Crippen LogP contribution in [0.1, 0.15) is 39.5 Å². The van der Waals surface area contributed by atoms with Crippen molar-refractivity contribution in [3.8, 4) is 0 Å². The van der Waals surface area contributed by atoms with Gasteiger partial charge < -0.3 is 35.2 Å². The van der Waals surface area contributed by atoms with Gasteiger partial charge in [0.05, 0.1) is 19.8 Å². The quantitative estimate of drug-likeness (QED) is 0.326. The number of aliphatic hydroxyl groups is 5. The number of hydrogen-bond donors (Lipinski definition) is 5. The predicted molar refractivity (Wildman–Crippen MR) is 88.4 cm³/mol. The van der Waals surface area contributed by atoms with E-state index in [1.165, 1.54) is 7.05 Å². The molecule has 0 aromatic heterocycles. The minimum atomic E-state index is -1.71. The highest BCUT2D eigenvalue weighted by molar-refractivity contribution is 5.67. The van der Waals surface area contributed by atoms with Gasteiger partial charge in [-0.1, -0.05) is 33.1 Å². The molecule has 8 nitrogen and oxygen atoms in total. The van der Waals surface area contributed by atoms with E-state index in [0.717, 1.165) is 30.6 Å². The van der Waals surface area contributed by atoms with Crippen molar-refractivity contribution in [3.05, 3.63) is 0 Å². The standard InChI is InChI=1S/C16H33NO7/c1-4-6-7-11(5-2)10-24-16(23)17(3)8-12(19)14(21)15(22)13(20)9-18/h11-15,18-22H,4-10H2,1-3H3/t11?,12-,13+,14+,15+/m0/s1. The second-order valence-corrected chi connectivity index (χ2v) is 6.17. The van der Waals surface area contributed by atoms with Gasteiger partial charge in [0.25, 0.3) is 0 Å². The van der Waals surface area contributed by atoms with Gasteiger partial charge in [-0.2, -0.15) is 0 Å². The Balaban J connectivity index is 4.33. The normalized spacial score (nSPS) is 17.7. The lowest BCUT2D eigenvalue weighted by molar-refractivity contribution is -0.117. The maximum atomic E-state index is 11.9. The average molecular weight is 351 g/mol. The van der Waals surface area contributed by atoms with Crippen LogP contribution < -0.4 is 0 Å². The first kappa shape index (κ1) is 23.1. The third-order valence-corrected chi connectivity index (χ3v) is 4.08. The van der Waals surface area contributed by atoms with E-state index in [-0.39, 0.29) is 6.54 Å². The minimum absolute atomic E-state index is 0.277. The summed E-state index contributed by atoms with van der Waals surface area (Å²) in [5.74, 6) is 0.291. The molecule has 0 aliphatic carbocycles. The largest absolute Gasteiger partial charge is 0.449 e. The molecule has 0 spiro atoms. The fourth-order valence-electron chi connectivity index (χ4n) is 2.22. The van der Waals surface area contributed by atoms with Crippen LogP contribution in [0, 0.1) is 5.92 Å². The van der Waals surface area contributed by atoms with Gasteiger partial charge in [0.2, 0.25) is 0 Å². The Bertz CT molecular complexity index is 342. The summed E-state index contributed by atoms with van der Waals surface area (Å²) >= 11 is 0. The van der Waals surface area contributed by atoms with E-state index < -0.39 is 37.1 Å². The highest BCUT2D eigenvalue weighted by atomic mass is 16.6. The van der Waals surface area contributed by atoms with Gasteiger partial charge in [-0.05, 0) is 12.3 Å². The van der Waals surface area contributed by atoms with Crippen LogP contribution in [0.5, 0.6) is 0 Å². The van der Waals surface area contributed by atoms with Crippen molar-refractivity contribution in [2.75, 3.05) is 26.8 Å². The van der Waals surface area contributed by atoms with Gasteiger partial charge >= 0.3 is 6.09 Å². The molecule has 0 aliphatic heterocycles. The van der Waals surface area contributed by atoms with Crippen molar-refractivity contribution >= 4 is 6.09 Å². The van der Waals surface area contributed by atoms with Gasteiger partial charge in [0, 0.05) is 7.05 Å². The molecule has 0 fully saturated rings. The highest BCUT2D eigenvalue weighted by Crippen LogP contribution is 2.13. The van der Waals surface area contributed by atoms with E-state index >= 15 is 0 Å². The molecule has 1 amide bonds. The van der Waals surface area contributed by atoms with Crippen molar-refractivity contribution in [2.24, 2.45) is 5.92 Å². The van der Waals surface area contributed by atoms with Crippen LogP contribution in [0.25, 0.3) is 0 Å². The Labute approximate surface area is 143 Å². The lowest BCUT2D eigenvalue weighted by atomic mass is 10.0. The van der Waals surface area contributed by atoms with Crippen molar-refractivity contribution in [2.45, 2.75) is 63.9 Å². The van der Waals surface area contributed by atoms with Gasteiger partial charge in [0.1, 0.15) is 24.4 Å². The van der Waals surface area contributed by atoms with Crippen molar-refractivity contribution in [1.29, 1.82) is 0 Å². The Hall–Kier alpha value is -0.930. The Morgan fingerprint density at radius 3 is 2.17 bits per heavy atom. The second-order valence-electron chi connectivity index (χ2n) is 6.17. The highest BCUT2D eigenvalue weighted by Gasteiger charge is 2.31. The molecule has 5 N–H and O–H groups in total. The number of unbranched alkanes of at least 4 members (excludes halogenated alkanes) is 1. The third kappa shape index (κ3) is 8.25. The summed E-state index contributed by atoms with van der Waals surface area (Å²) in [5, 5.41) is 47.1. The van der Waals surface area contributed by atoms with Crippen molar-refractivity contribution < 1.29 is 35.1 Å². The molecule has 24 heavy (non-hydrogen) atoms. The molecule has 0 saturated carbocycles. The van der Waals surface area contributed by atoms with E-state index in [1.54, 1.807) is 0 Å². The molecule has 0 aromatic rings. The van der Waals surface area contributed by atoms with Crippen LogP contribution in [-0.4, -0.2) is 87.7 Å². The number of nitrogens with zero attached hydrogens (tertiary/aromatic N) is 1. The third-order valence-electron chi connectivity index (χ3n) is 4.08. The maximum Gasteiger partial charge on any atom is 0.409 e. The van der Waals surface area contributed by atoms with E-state index in [1.807, 2.05) is 6.92 Å². The first-order valence-corrected chi connectivity index (χ1v) is 8.49. The number of hydrogen-bond acceptors (Lipinski definition) is 7. The summed E-state index contributed by atoms with van der Waals surface area (Å²) in [5.41, 5.74) is 0. The maximum absolute atomic E-state index is 11.9. The smallest absolute Gasteiger partial charge is 0.409 e. The molecule has 1 unspecified atom stereocenters. The van der Waals surface area contributed by atoms with E-state index in [9.17, 15) is 25.2 Å². The van der Waals surface area contributed by atoms with Crippen LogP contribution in [0.3, 0.4) is 0 Å². The number of rotatable bonds is 12. The lowest BCUT2D eigenvalue weighted by Crippen LogP contribution is -2.50. The van der Waals surface area contributed by atoms with E-state index in [4.69, 9.17) is 9.84 Å². The lowest BCUT2D eigenvalue weighted by Gasteiger charge is -2.28. The van der Waals surface area contributed by atoms with E-state index in [0.29, 0.717) is 12.5 Å². The zero-order valence-electron chi connectivity index (χ0n) is 14.8. The fourth-order valence-corrected chi connectivity index (χ4v) is 2.22. The molecule has 5 atom stereocenters. The van der Waals surface area contributed by atoms with Gasteiger partial charge in [0.15, 0.2) is 0 Å². The van der Waals surface area contributed by atoms with Crippen LogP contribution in [0.15, 0.2) is 0 Å². The Morgan fingerprint density at radius 1 is 1.08 bits per heavy atom. The van der Waals surface area contributed by atoms with Gasteiger partial charge in [-0.15, -0.1) is 0 Å². The molecule has 0 aromatic carbocycles. The second kappa shape index (κ2) is 12.4. The number of amides is 1. The van der Waals surface area contributed by atoms with Crippen LogP contribution >= 0.6 is 0 Å². The Morgan fingerprint density at radius 2 is 1.67 bits per heavy atom.